The first-order valence-corrected chi connectivity index (χ1v) is 8.72. The second-order valence-corrected chi connectivity index (χ2v) is 7.76. The lowest BCUT2D eigenvalue weighted by Crippen LogP contribution is -2.06. The van der Waals surface area contributed by atoms with Crippen LogP contribution in [0.5, 0.6) is 0 Å². The van der Waals surface area contributed by atoms with Crippen molar-refractivity contribution in [1.82, 2.24) is 14.8 Å². The minimum atomic E-state index is -3.92. The van der Waals surface area contributed by atoms with Crippen molar-refractivity contribution in [3.63, 3.8) is 0 Å². The maximum atomic E-state index is 11.6. The average molecular weight is 332 g/mol. The Balaban J connectivity index is 2.22. The summed E-state index contributed by atoms with van der Waals surface area (Å²) in [7, 11) is 1.50. The molecular weight excluding hydrogens is 321 g/mol. The van der Waals surface area contributed by atoms with Crippen molar-refractivity contribution in [2.24, 2.45) is 0 Å². The molecule has 20 heavy (non-hydrogen) atoms. The van der Waals surface area contributed by atoms with Crippen molar-refractivity contribution < 1.29 is 8.42 Å². The summed E-state index contributed by atoms with van der Waals surface area (Å²) in [6.07, 6.45) is 1.79. The van der Waals surface area contributed by atoms with Gasteiger partial charge in [-0.05, 0) is 43.5 Å². The minimum absolute atomic E-state index is 0.0859. The fourth-order valence-corrected chi connectivity index (χ4v) is 3.38. The summed E-state index contributed by atoms with van der Waals surface area (Å²) in [6, 6.07) is 5.53. The number of aryl methyl sites for hydroxylation is 1. The highest BCUT2D eigenvalue weighted by molar-refractivity contribution is 8.13. The standard InChI is InChI=1S/C12H11Cl2N3O2S/c1-7-4-8(6-9(13)5-7)11-15-16-12(20(14,18)19)17(11)10-2-3-10/h4-6,10H,2-3H2,1H3. The topological polar surface area (TPSA) is 64.8 Å². The number of benzene rings is 1. The van der Waals surface area contributed by atoms with Crippen molar-refractivity contribution in [3.05, 3.63) is 28.8 Å². The molecule has 5 nitrogen and oxygen atoms in total. The molecule has 0 radical (unpaired) electrons. The van der Waals surface area contributed by atoms with Gasteiger partial charge in [-0.1, -0.05) is 11.6 Å². The van der Waals surface area contributed by atoms with Gasteiger partial charge < -0.3 is 0 Å². The molecule has 3 rings (SSSR count). The Morgan fingerprint density at radius 2 is 1.95 bits per heavy atom. The lowest BCUT2D eigenvalue weighted by atomic mass is 10.1. The van der Waals surface area contributed by atoms with E-state index in [2.05, 4.69) is 10.2 Å². The highest BCUT2D eigenvalue weighted by Gasteiger charge is 2.34. The molecule has 8 heteroatoms. The Morgan fingerprint density at radius 3 is 2.50 bits per heavy atom. The van der Waals surface area contributed by atoms with Crippen molar-refractivity contribution in [2.45, 2.75) is 31.0 Å². The molecule has 0 N–H and O–H groups in total. The third kappa shape index (κ3) is 2.55. The zero-order valence-electron chi connectivity index (χ0n) is 10.5. The van der Waals surface area contributed by atoms with Gasteiger partial charge in [0.1, 0.15) is 0 Å². The van der Waals surface area contributed by atoms with Gasteiger partial charge in [-0.2, -0.15) is 0 Å². The van der Waals surface area contributed by atoms with Gasteiger partial charge in [-0.15, -0.1) is 10.2 Å². The van der Waals surface area contributed by atoms with Crippen molar-refractivity contribution in [1.29, 1.82) is 0 Å². The Labute approximate surface area is 126 Å². The smallest absolute Gasteiger partial charge is 0.294 e. The Hall–Kier alpha value is -1.11. The molecular formula is C12H11Cl2N3O2S. The Morgan fingerprint density at radius 1 is 1.25 bits per heavy atom. The fourth-order valence-electron chi connectivity index (χ4n) is 2.17. The second-order valence-electron chi connectivity index (χ2n) is 4.86. The molecule has 0 aliphatic heterocycles. The van der Waals surface area contributed by atoms with E-state index >= 15 is 0 Å². The molecule has 0 spiro atoms. The number of rotatable bonds is 3. The van der Waals surface area contributed by atoms with E-state index in [1.54, 1.807) is 10.6 Å². The molecule has 1 saturated carbocycles. The van der Waals surface area contributed by atoms with Crippen LogP contribution in [0.1, 0.15) is 24.4 Å². The molecule has 0 atom stereocenters. The van der Waals surface area contributed by atoms with Gasteiger partial charge in [0.2, 0.25) is 0 Å². The summed E-state index contributed by atoms with van der Waals surface area (Å²) in [5.41, 5.74) is 1.70. The van der Waals surface area contributed by atoms with E-state index in [0.717, 1.165) is 24.0 Å². The zero-order chi connectivity index (χ0) is 14.5. The van der Waals surface area contributed by atoms with Crippen LogP contribution >= 0.6 is 22.3 Å². The zero-order valence-corrected chi connectivity index (χ0v) is 12.9. The van der Waals surface area contributed by atoms with Crippen molar-refractivity contribution >= 4 is 31.3 Å². The molecule has 1 aromatic carbocycles. The quantitative estimate of drug-likeness (QED) is 0.810. The van der Waals surface area contributed by atoms with E-state index < -0.39 is 9.05 Å². The molecule has 0 unspecified atom stereocenters. The minimum Gasteiger partial charge on any atom is -0.294 e. The van der Waals surface area contributed by atoms with Crippen LogP contribution in [0, 0.1) is 6.92 Å². The van der Waals surface area contributed by atoms with Gasteiger partial charge in [-0.3, -0.25) is 4.57 Å². The van der Waals surface area contributed by atoms with Gasteiger partial charge in [0, 0.05) is 27.3 Å². The predicted molar refractivity (Wildman–Crippen MR) is 76.5 cm³/mol. The van der Waals surface area contributed by atoms with Crippen LogP contribution in [0.4, 0.5) is 0 Å². The molecule has 1 aliphatic carbocycles. The van der Waals surface area contributed by atoms with Gasteiger partial charge >= 0.3 is 0 Å². The lowest BCUT2D eigenvalue weighted by molar-refractivity contribution is 0.579. The predicted octanol–water partition coefficient (Wildman–Crippen LogP) is 3.17. The van der Waals surface area contributed by atoms with Crippen LogP contribution in [0.15, 0.2) is 23.4 Å². The highest BCUT2D eigenvalue weighted by atomic mass is 35.7. The first-order valence-electron chi connectivity index (χ1n) is 6.03. The third-order valence-electron chi connectivity index (χ3n) is 3.09. The summed E-state index contributed by atoms with van der Waals surface area (Å²) in [5, 5.41) is 8.09. The average Bonchev–Trinajstić information content (AvgIpc) is 3.04. The largest absolute Gasteiger partial charge is 0.296 e. The molecule has 0 amide bonds. The summed E-state index contributed by atoms with van der Waals surface area (Å²) in [6.45, 7) is 1.91. The lowest BCUT2D eigenvalue weighted by Gasteiger charge is -2.08. The van der Waals surface area contributed by atoms with Gasteiger partial charge in [0.25, 0.3) is 14.2 Å². The third-order valence-corrected chi connectivity index (χ3v) is 4.44. The first-order chi connectivity index (χ1) is 9.36. The molecule has 0 saturated heterocycles. The first kappa shape index (κ1) is 13.9. The van der Waals surface area contributed by atoms with Crippen LogP contribution in [-0.2, 0) is 9.05 Å². The van der Waals surface area contributed by atoms with Crippen LogP contribution in [0.2, 0.25) is 5.02 Å². The molecule has 1 heterocycles. The number of halogens is 2. The van der Waals surface area contributed by atoms with E-state index in [-0.39, 0.29) is 11.2 Å². The number of aromatic nitrogens is 3. The number of hydrogen-bond acceptors (Lipinski definition) is 4. The molecule has 0 bridgehead atoms. The van der Waals surface area contributed by atoms with Crippen LogP contribution < -0.4 is 0 Å². The maximum absolute atomic E-state index is 11.6. The van der Waals surface area contributed by atoms with E-state index in [4.69, 9.17) is 22.3 Å². The monoisotopic (exact) mass is 331 g/mol. The summed E-state index contributed by atoms with van der Waals surface area (Å²) in [4.78, 5) is 0. The Bertz CT molecular complexity index is 762. The van der Waals surface area contributed by atoms with E-state index in [1.807, 2.05) is 19.1 Å². The van der Waals surface area contributed by atoms with Gasteiger partial charge in [0.15, 0.2) is 5.82 Å². The van der Waals surface area contributed by atoms with Crippen LogP contribution in [0.3, 0.4) is 0 Å². The van der Waals surface area contributed by atoms with E-state index in [0.29, 0.717) is 10.8 Å². The SMILES string of the molecule is Cc1cc(Cl)cc(-c2nnc(S(=O)(=O)Cl)n2C2CC2)c1. The fraction of sp³-hybridized carbons (Fsp3) is 0.333. The van der Waals surface area contributed by atoms with E-state index in [9.17, 15) is 8.42 Å². The normalized spacial score (nSPS) is 15.6. The van der Waals surface area contributed by atoms with Gasteiger partial charge in [-0.25, -0.2) is 8.42 Å². The second kappa shape index (κ2) is 4.72. The van der Waals surface area contributed by atoms with Crippen LogP contribution in [-0.4, -0.2) is 23.2 Å². The molecule has 1 aromatic heterocycles. The summed E-state index contributed by atoms with van der Waals surface area (Å²) in [5.74, 6) is 0.484. The molecule has 2 aromatic rings. The van der Waals surface area contributed by atoms with Crippen molar-refractivity contribution in [2.75, 3.05) is 0 Å². The molecule has 1 aliphatic rings. The summed E-state index contributed by atoms with van der Waals surface area (Å²) < 4.78 is 24.8. The highest BCUT2D eigenvalue weighted by Crippen LogP contribution is 2.40. The van der Waals surface area contributed by atoms with E-state index in [1.165, 1.54) is 0 Å². The molecule has 1 fully saturated rings. The van der Waals surface area contributed by atoms with Crippen molar-refractivity contribution in [3.8, 4) is 11.4 Å². The van der Waals surface area contributed by atoms with Gasteiger partial charge in [0.05, 0.1) is 0 Å². The number of hydrogen-bond donors (Lipinski definition) is 0. The Kier molecular flexibility index (Phi) is 3.27. The van der Waals surface area contributed by atoms with Crippen LogP contribution in [0.25, 0.3) is 11.4 Å². The number of nitrogens with zero attached hydrogens (tertiary/aromatic N) is 3. The molecule has 106 valence electrons. The maximum Gasteiger partial charge on any atom is 0.296 e. The summed E-state index contributed by atoms with van der Waals surface area (Å²) >= 11 is 6.04.